The van der Waals surface area contributed by atoms with Crippen LogP contribution in [0.2, 0.25) is 0 Å². The molecule has 0 aromatic heterocycles. The third kappa shape index (κ3) is 3.33. The number of carboxylic acid groups (broad SMARTS) is 1. The van der Waals surface area contributed by atoms with Crippen LogP contribution in [0.3, 0.4) is 0 Å². The molecule has 6 heteroatoms. The maximum atomic E-state index is 13.1. The van der Waals surface area contributed by atoms with Gasteiger partial charge in [-0.25, -0.2) is 9.18 Å². The molecule has 2 aromatic carbocycles. The van der Waals surface area contributed by atoms with E-state index in [1.54, 1.807) is 24.3 Å². The molecule has 0 atom stereocenters. The fraction of sp³-hybridized carbons (Fsp3) is 0.263. The van der Waals surface area contributed by atoms with Crippen molar-refractivity contribution in [1.82, 2.24) is 5.32 Å². The van der Waals surface area contributed by atoms with Crippen molar-refractivity contribution >= 4 is 11.9 Å². The predicted molar refractivity (Wildman–Crippen MR) is 89.1 cm³/mol. The number of aromatic carboxylic acids is 1. The first-order valence-electron chi connectivity index (χ1n) is 7.91. The van der Waals surface area contributed by atoms with Crippen molar-refractivity contribution in [3.05, 3.63) is 65.0 Å². The van der Waals surface area contributed by atoms with Crippen LogP contribution in [0.4, 0.5) is 4.39 Å². The van der Waals surface area contributed by atoms with Gasteiger partial charge in [0.2, 0.25) is 5.91 Å². The molecule has 25 heavy (non-hydrogen) atoms. The number of benzene rings is 2. The maximum absolute atomic E-state index is 13.1. The largest absolute Gasteiger partial charge is 0.496 e. The number of rotatable bonds is 6. The molecule has 1 fully saturated rings. The zero-order chi connectivity index (χ0) is 18.0. The van der Waals surface area contributed by atoms with Gasteiger partial charge in [-0.3, -0.25) is 4.79 Å². The average Bonchev–Trinajstić information content (AvgIpc) is 3.41. The van der Waals surface area contributed by atoms with Crippen LogP contribution < -0.4 is 10.1 Å². The van der Waals surface area contributed by atoms with Crippen LogP contribution in [0.5, 0.6) is 5.75 Å². The molecule has 1 amide bonds. The lowest BCUT2D eigenvalue weighted by Gasteiger charge is -2.16. The minimum atomic E-state index is -1.07. The van der Waals surface area contributed by atoms with E-state index in [4.69, 9.17) is 9.84 Å². The Morgan fingerprint density at radius 3 is 2.44 bits per heavy atom. The molecule has 1 aliphatic carbocycles. The standard InChI is InChI=1S/C19H18FNO4/c1-25-16-10-12(2-7-15(16)17(22)23)11-21-18(24)19(8-9-19)13-3-5-14(20)6-4-13/h2-7,10H,8-9,11H2,1H3,(H,21,24)(H,22,23). The summed E-state index contributed by atoms with van der Waals surface area (Å²) < 4.78 is 18.2. The second-order valence-corrected chi connectivity index (χ2v) is 6.11. The summed E-state index contributed by atoms with van der Waals surface area (Å²) in [5.41, 5.74) is 1.04. The van der Waals surface area contributed by atoms with E-state index in [1.807, 2.05) is 0 Å². The molecule has 2 N–H and O–H groups in total. The van der Waals surface area contributed by atoms with Gasteiger partial charge < -0.3 is 15.2 Å². The summed E-state index contributed by atoms with van der Waals surface area (Å²) >= 11 is 0. The van der Waals surface area contributed by atoms with Crippen molar-refractivity contribution in [1.29, 1.82) is 0 Å². The van der Waals surface area contributed by atoms with Crippen LogP contribution in [-0.2, 0) is 16.8 Å². The number of amides is 1. The monoisotopic (exact) mass is 343 g/mol. The molecule has 3 rings (SSSR count). The van der Waals surface area contributed by atoms with Gasteiger partial charge >= 0.3 is 5.97 Å². The Bertz CT molecular complexity index is 813. The van der Waals surface area contributed by atoms with E-state index in [1.165, 1.54) is 25.3 Å². The minimum absolute atomic E-state index is 0.0718. The van der Waals surface area contributed by atoms with E-state index in [9.17, 15) is 14.0 Å². The van der Waals surface area contributed by atoms with Crippen LogP contribution in [0.1, 0.15) is 34.3 Å². The van der Waals surface area contributed by atoms with Crippen LogP contribution in [0.25, 0.3) is 0 Å². The number of hydrogen-bond donors (Lipinski definition) is 2. The van der Waals surface area contributed by atoms with E-state index >= 15 is 0 Å². The Hall–Kier alpha value is -2.89. The highest BCUT2D eigenvalue weighted by Gasteiger charge is 2.51. The summed E-state index contributed by atoms with van der Waals surface area (Å²) in [5.74, 6) is -1.26. The predicted octanol–water partition coefficient (Wildman–Crippen LogP) is 2.88. The second kappa shape index (κ2) is 6.55. The van der Waals surface area contributed by atoms with E-state index in [0.717, 1.165) is 24.0 Å². The van der Waals surface area contributed by atoms with E-state index in [0.29, 0.717) is 0 Å². The first kappa shape index (κ1) is 17.0. The van der Waals surface area contributed by atoms with Gasteiger partial charge in [-0.1, -0.05) is 18.2 Å². The van der Waals surface area contributed by atoms with Crippen LogP contribution in [0, 0.1) is 5.82 Å². The summed E-state index contributed by atoms with van der Waals surface area (Å²) in [7, 11) is 1.40. The van der Waals surface area contributed by atoms with E-state index in [2.05, 4.69) is 5.32 Å². The van der Waals surface area contributed by atoms with E-state index in [-0.39, 0.29) is 29.6 Å². The second-order valence-electron chi connectivity index (χ2n) is 6.11. The highest BCUT2D eigenvalue weighted by atomic mass is 19.1. The molecule has 0 bridgehead atoms. The first-order chi connectivity index (χ1) is 12.0. The normalized spacial score (nSPS) is 14.6. The molecule has 0 spiro atoms. The average molecular weight is 343 g/mol. The van der Waals surface area contributed by atoms with Crippen LogP contribution in [-0.4, -0.2) is 24.1 Å². The van der Waals surface area contributed by atoms with Gasteiger partial charge in [-0.05, 0) is 48.2 Å². The summed E-state index contributed by atoms with van der Waals surface area (Å²) in [6, 6.07) is 10.7. The van der Waals surface area contributed by atoms with Gasteiger partial charge in [-0.2, -0.15) is 0 Å². The first-order valence-corrected chi connectivity index (χ1v) is 7.91. The van der Waals surface area contributed by atoms with Gasteiger partial charge in [0.15, 0.2) is 0 Å². The topological polar surface area (TPSA) is 75.6 Å². The highest BCUT2D eigenvalue weighted by Crippen LogP contribution is 2.48. The molecule has 0 radical (unpaired) electrons. The summed E-state index contributed by atoms with van der Waals surface area (Å²) in [4.78, 5) is 23.7. The fourth-order valence-corrected chi connectivity index (χ4v) is 2.91. The number of nitrogens with one attached hydrogen (secondary N) is 1. The smallest absolute Gasteiger partial charge is 0.339 e. The van der Waals surface area contributed by atoms with Crippen molar-refractivity contribution in [2.45, 2.75) is 24.8 Å². The molecule has 130 valence electrons. The SMILES string of the molecule is COc1cc(CNC(=O)C2(c3ccc(F)cc3)CC2)ccc1C(=O)O. The van der Waals surface area contributed by atoms with Crippen LogP contribution >= 0.6 is 0 Å². The Balaban J connectivity index is 1.70. The van der Waals surface area contributed by atoms with Crippen molar-refractivity contribution in [3.63, 3.8) is 0 Å². The minimum Gasteiger partial charge on any atom is -0.496 e. The van der Waals surface area contributed by atoms with Gasteiger partial charge in [0.25, 0.3) is 0 Å². The molecule has 1 aliphatic rings. The molecule has 1 saturated carbocycles. The quantitative estimate of drug-likeness (QED) is 0.846. The van der Waals surface area contributed by atoms with Gasteiger partial charge in [0, 0.05) is 6.54 Å². The number of carbonyl (C=O) groups is 2. The Kier molecular flexibility index (Phi) is 4.44. The van der Waals surface area contributed by atoms with E-state index < -0.39 is 11.4 Å². The van der Waals surface area contributed by atoms with Gasteiger partial charge in [0.05, 0.1) is 12.5 Å². The van der Waals surface area contributed by atoms with Crippen molar-refractivity contribution in [3.8, 4) is 5.75 Å². The van der Waals surface area contributed by atoms with Gasteiger partial charge in [0.1, 0.15) is 17.1 Å². The van der Waals surface area contributed by atoms with Crippen LogP contribution in [0.15, 0.2) is 42.5 Å². The number of methoxy groups -OCH3 is 1. The Morgan fingerprint density at radius 2 is 1.88 bits per heavy atom. The maximum Gasteiger partial charge on any atom is 0.339 e. The summed E-state index contributed by atoms with van der Waals surface area (Å²) in [6.45, 7) is 0.262. The number of halogens is 1. The summed E-state index contributed by atoms with van der Waals surface area (Å²) in [5, 5.41) is 12.0. The zero-order valence-corrected chi connectivity index (χ0v) is 13.7. The number of carbonyl (C=O) groups excluding carboxylic acids is 1. The Labute approximate surface area is 144 Å². The van der Waals surface area contributed by atoms with Gasteiger partial charge in [-0.15, -0.1) is 0 Å². The zero-order valence-electron chi connectivity index (χ0n) is 13.7. The molecule has 0 aliphatic heterocycles. The third-order valence-corrected chi connectivity index (χ3v) is 4.53. The third-order valence-electron chi connectivity index (χ3n) is 4.53. The number of ether oxygens (including phenoxy) is 1. The van der Waals surface area contributed by atoms with Crippen molar-refractivity contribution in [2.24, 2.45) is 0 Å². The lowest BCUT2D eigenvalue weighted by Crippen LogP contribution is -2.34. The van der Waals surface area contributed by atoms with Crippen molar-refractivity contribution < 1.29 is 23.8 Å². The molecule has 0 unspecified atom stereocenters. The lowest BCUT2D eigenvalue weighted by atomic mass is 9.95. The molecule has 0 heterocycles. The van der Waals surface area contributed by atoms with Crippen molar-refractivity contribution in [2.75, 3.05) is 7.11 Å². The lowest BCUT2D eigenvalue weighted by molar-refractivity contribution is -0.123. The Morgan fingerprint density at radius 1 is 1.20 bits per heavy atom. The molecule has 0 saturated heterocycles. The molecule has 5 nitrogen and oxygen atoms in total. The number of carboxylic acids is 1. The molecular weight excluding hydrogens is 325 g/mol. The summed E-state index contributed by atoms with van der Waals surface area (Å²) in [6.07, 6.45) is 1.46. The molecule has 2 aromatic rings. The highest BCUT2D eigenvalue weighted by molar-refractivity contribution is 5.92. The molecular formula is C19H18FNO4. The number of hydrogen-bond acceptors (Lipinski definition) is 3. The fourth-order valence-electron chi connectivity index (χ4n) is 2.91.